The van der Waals surface area contributed by atoms with Crippen LogP contribution in [0.25, 0.3) is 0 Å². The molecular weight excluding hydrogens is 200 g/mol. The molecule has 1 heterocycles. The van der Waals surface area contributed by atoms with E-state index in [9.17, 15) is 0 Å². The molecule has 1 atom stereocenters. The lowest BCUT2D eigenvalue weighted by Gasteiger charge is -2.24. The number of anilines is 2. The summed E-state index contributed by atoms with van der Waals surface area (Å²) in [5.74, 6) is 0. The van der Waals surface area contributed by atoms with Crippen LogP contribution in [0.3, 0.4) is 0 Å². The van der Waals surface area contributed by atoms with Crippen LogP contribution in [0.5, 0.6) is 0 Å². The van der Waals surface area contributed by atoms with Gasteiger partial charge >= 0.3 is 0 Å². The van der Waals surface area contributed by atoms with Crippen molar-refractivity contribution in [1.82, 2.24) is 0 Å². The van der Waals surface area contributed by atoms with Crippen LogP contribution in [-0.4, -0.2) is 26.3 Å². The number of likely N-dealkylation sites (N-methyl/N-ethyl adjacent to an activating group) is 1. The number of nitrogens with zero attached hydrogens (tertiary/aromatic N) is 1. The van der Waals surface area contributed by atoms with Crippen molar-refractivity contribution in [2.75, 3.05) is 30.8 Å². The highest BCUT2D eigenvalue weighted by Gasteiger charge is 2.18. The number of nitrogens with two attached hydrogens (primary N) is 1. The Morgan fingerprint density at radius 3 is 3.00 bits per heavy atom. The van der Waals surface area contributed by atoms with Crippen LogP contribution in [0.15, 0.2) is 18.2 Å². The zero-order valence-electron chi connectivity index (χ0n) is 10.1. The van der Waals surface area contributed by atoms with Gasteiger partial charge in [-0.25, -0.2) is 0 Å². The van der Waals surface area contributed by atoms with Gasteiger partial charge in [-0.1, -0.05) is 6.07 Å². The first-order valence-corrected chi connectivity index (χ1v) is 5.85. The van der Waals surface area contributed by atoms with Crippen LogP contribution in [-0.2, 0) is 4.74 Å². The van der Waals surface area contributed by atoms with Crippen LogP contribution in [0.4, 0.5) is 11.4 Å². The number of benzene rings is 1. The molecule has 2 N–H and O–H groups in total. The van der Waals surface area contributed by atoms with Crippen LogP contribution < -0.4 is 10.6 Å². The number of rotatable bonds is 3. The Bertz CT molecular complexity index is 359. The molecule has 0 radical (unpaired) electrons. The van der Waals surface area contributed by atoms with Crippen LogP contribution >= 0.6 is 0 Å². The lowest BCUT2D eigenvalue weighted by molar-refractivity contribution is 0.116. The van der Waals surface area contributed by atoms with Crippen molar-refractivity contribution in [1.29, 1.82) is 0 Å². The molecule has 0 bridgehead atoms. The fourth-order valence-corrected chi connectivity index (χ4v) is 2.23. The first kappa shape index (κ1) is 11.3. The number of hydrogen-bond donors (Lipinski definition) is 1. The summed E-state index contributed by atoms with van der Waals surface area (Å²) in [7, 11) is 2.10. The third-order valence-corrected chi connectivity index (χ3v) is 3.15. The molecule has 1 aromatic rings. The minimum atomic E-state index is 0.380. The van der Waals surface area contributed by atoms with Gasteiger partial charge in [-0.15, -0.1) is 0 Å². The van der Waals surface area contributed by atoms with Gasteiger partial charge in [-0.05, 0) is 37.5 Å². The number of aryl methyl sites for hydroxylation is 1. The maximum absolute atomic E-state index is 5.82. The molecule has 88 valence electrons. The molecule has 0 aromatic heterocycles. The summed E-state index contributed by atoms with van der Waals surface area (Å²) in [6.45, 7) is 3.97. The molecule has 3 nitrogen and oxygen atoms in total. The summed E-state index contributed by atoms with van der Waals surface area (Å²) in [4.78, 5) is 2.24. The Labute approximate surface area is 97.2 Å². The molecule has 3 heteroatoms. The van der Waals surface area contributed by atoms with E-state index in [1.54, 1.807) is 0 Å². The Balaban J connectivity index is 2.07. The normalized spacial score (nSPS) is 20.0. The van der Waals surface area contributed by atoms with Crippen molar-refractivity contribution in [3.05, 3.63) is 23.8 Å². The van der Waals surface area contributed by atoms with E-state index in [0.29, 0.717) is 6.10 Å². The molecule has 1 aromatic carbocycles. The highest BCUT2D eigenvalue weighted by Crippen LogP contribution is 2.23. The standard InChI is InChI=1S/C13H20N2O/c1-10-5-6-11(14)8-13(10)15(2)9-12-4-3-7-16-12/h5-6,8,12H,3-4,7,9,14H2,1-2H3. The summed E-state index contributed by atoms with van der Waals surface area (Å²) in [5, 5.41) is 0. The molecule has 0 saturated carbocycles. The molecule has 1 fully saturated rings. The zero-order chi connectivity index (χ0) is 11.5. The lowest BCUT2D eigenvalue weighted by atomic mass is 10.1. The number of ether oxygens (including phenoxy) is 1. The molecule has 2 rings (SSSR count). The maximum atomic E-state index is 5.82. The Hall–Kier alpha value is -1.22. The zero-order valence-corrected chi connectivity index (χ0v) is 10.1. The molecule has 1 saturated heterocycles. The van der Waals surface area contributed by atoms with Gasteiger partial charge in [0.05, 0.1) is 6.10 Å². The van der Waals surface area contributed by atoms with Gasteiger partial charge in [-0.3, -0.25) is 0 Å². The van der Waals surface area contributed by atoms with Gasteiger partial charge in [0.1, 0.15) is 0 Å². The second kappa shape index (κ2) is 4.74. The molecule has 0 aliphatic carbocycles. The van der Waals surface area contributed by atoms with Crippen molar-refractivity contribution >= 4 is 11.4 Å². The quantitative estimate of drug-likeness (QED) is 0.794. The third kappa shape index (κ3) is 2.47. The predicted molar refractivity (Wildman–Crippen MR) is 67.8 cm³/mol. The van der Waals surface area contributed by atoms with Gasteiger partial charge < -0.3 is 15.4 Å². The maximum Gasteiger partial charge on any atom is 0.0750 e. The monoisotopic (exact) mass is 220 g/mol. The van der Waals surface area contributed by atoms with Crippen LogP contribution in [0.2, 0.25) is 0 Å². The summed E-state index contributed by atoms with van der Waals surface area (Å²) in [6, 6.07) is 6.04. The Kier molecular flexibility index (Phi) is 3.34. The van der Waals surface area contributed by atoms with E-state index >= 15 is 0 Å². The van der Waals surface area contributed by atoms with E-state index in [4.69, 9.17) is 10.5 Å². The minimum absolute atomic E-state index is 0.380. The van der Waals surface area contributed by atoms with E-state index < -0.39 is 0 Å². The van der Waals surface area contributed by atoms with Crippen molar-refractivity contribution in [3.63, 3.8) is 0 Å². The average Bonchev–Trinajstić information content (AvgIpc) is 2.74. The number of hydrogen-bond acceptors (Lipinski definition) is 3. The Morgan fingerprint density at radius 1 is 1.50 bits per heavy atom. The average molecular weight is 220 g/mol. The summed E-state index contributed by atoms with van der Waals surface area (Å²) in [6.07, 6.45) is 2.74. The smallest absolute Gasteiger partial charge is 0.0750 e. The fraction of sp³-hybridized carbons (Fsp3) is 0.538. The highest BCUT2D eigenvalue weighted by atomic mass is 16.5. The van der Waals surface area contributed by atoms with Crippen LogP contribution in [0, 0.1) is 6.92 Å². The molecule has 1 aliphatic rings. The van der Waals surface area contributed by atoms with E-state index in [-0.39, 0.29) is 0 Å². The second-order valence-corrected chi connectivity index (χ2v) is 4.56. The van der Waals surface area contributed by atoms with Gasteiger partial charge in [0.25, 0.3) is 0 Å². The predicted octanol–water partition coefficient (Wildman–Crippen LogP) is 2.19. The molecule has 0 amide bonds. The first-order valence-electron chi connectivity index (χ1n) is 5.85. The molecule has 16 heavy (non-hydrogen) atoms. The van der Waals surface area contributed by atoms with Crippen molar-refractivity contribution in [2.45, 2.75) is 25.9 Å². The molecular formula is C13H20N2O. The SMILES string of the molecule is Cc1ccc(N)cc1N(C)CC1CCCO1. The minimum Gasteiger partial charge on any atom is -0.399 e. The topological polar surface area (TPSA) is 38.5 Å². The van der Waals surface area contributed by atoms with Crippen molar-refractivity contribution in [3.8, 4) is 0 Å². The van der Waals surface area contributed by atoms with Crippen molar-refractivity contribution < 1.29 is 4.74 Å². The second-order valence-electron chi connectivity index (χ2n) is 4.56. The van der Waals surface area contributed by atoms with E-state index in [2.05, 4.69) is 24.9 Å². The summed E-state index contributed by atoms with van der Waals surface area (Å²) >= 11 is 0. The van der Waals surface area contributed by atoms with Gasteiger partial charge in [0.15, 0.2) is 0 Å². The molecule has 1 unspecified atom stereocenters. The van der Waals surface area contributed by atoms with E-state index in [1.165, 1.54) is 24.1 Å². The summed E-state index contributed by atoms with van der Waals surface area (Å²) in [5.41, 5.74) is 9.10. The number of nitrogen functional groups attached to an aromatic ring is 1. The lowest BCUT2D eigenvalue weighted by Crippen LogP contribution is -2.29. The fourth-order valence-electron chi connectivity index (χ4n) is 2.23. The largest absolute Gasteiger partial charge is 0.399 e. The highest BCUT2D eigenvalue weighted by molar-refractivity contribution is 5.60. The summed E-state index contributed by atoms with van der Waals surface area (Å²) < 4.78 is 5.64. The van der Waals surface area contributed by atoms with E-state index in [0.717, 1.165) is 18.8 Å². The molecule has 1 aliphatic heterocycles. The first-order chi connectivity index (χ1) is 7.66. The molecule has 0 spiro atoms. The Morgan fingerprint density at radius 2 is 2.31 bits per heavy atom. The van der Waals surface area contributed by atoms with Crippen LogP contribution in [0.1, 0.15) is 18.4 Å². The van der Waals surface area contributed by atoms with Gasteiger partial charge in [-0.2, -0.15) is 0 Å². The van der Waals surface area contributed by atoms with Crippen molar-refractivity contribution in [2.24, 2.45) is 0 Å². The van der Waals surface area contributed by atoms with Gasteiger partial charge in [0, 0.05) is 31.6 Å². The third-order valence-electron chi connectivity index (χ3n) is 3.15. The van der Waals surface area contributed by atoms with Gasteiger partial charge in [0.2, 0.25) is 0 Å². The van der Waals surface area contributed by atoms with E-state index in [1.807, 2.05) is 12.1 Å².